The fraction of sp³-hybridized carbons (Fsp3) is 0.909. The summed E-state index contributed by atoms with van der Waals surface area (Å²) >= 11 is 0. The Bertz CT molecular complexity index is 331. The molecule has 0 atom stereocenters. The molecule has 0 bridgehead atoms. The van der Waals surface area contributed by atoms with Crippen LogP contribution in [0.2, 0.25) is 0 Å². The van der Waals surface area contributed by atoms with E-state index in [2.05, 4.69) is 10.6 Å². The van der Waals surface area contributed by atoms with Crippen LogP contribution in [-0.2, 0) is 14.6 Å². The van der Waals surface area contributed by atoms with E-state index in [1.807, 2.05) is 20.8 Å². The maximum Gasteiger partial charge on any atom is 0.219 e. The summed E-state index contributed by atoms with van der Waals surface area (Å²) < 4.78 is 23.2. The third kappa shape index (κ3) is 10.3. The zero-order chi connectivity index (χ0) is 13.5. The van der Waals surface area contributed by atoms with E-state index >= 15 is 0 Å². The second kappa shape index (κ2) is 6.96. The normalized spacial score (nSPS) is 12.5. The average Bonchev–Trinajstić information content (AvgIpc) is 2.14. The van der Waals surface area contributed by atoms with Gasteiger partial charge in [0.05, 0.1) is 11.5 Å². The van der Waals surface area contributed by atoms with Crippen molar-refractivity contribution in [3.63, 3.8) is 0 Å². The van der Waals surface area contributed by atoms with E-state index < -0.39 is 9.84 Å². The van der Waals surface area contributed by atoms with E-state index in [1.165, 1.54) is 0 Å². The van der Waals surface area contributed by atoms with Crippen LogP contribution in [0.1, 0.15) is 34.1 Å². The highest BCUT2D eigenvalue weighted by molar-refractivity contribution is 7.91. The molecule has 0 aromatic carbocycles. The summed E-state index contributed by atoms with van der Waals surface area (Å²) in [6.07, 6.45) is 0.381. The highest BCUT2D eigenvalue weighted by Crippen LogP contribution is 1.98. The van der Waals surface area contributed by atoms with Crippen LogP contribution in [0, 0.1) is 0 Å². The third-order valence-electron chi connectivity index (χ3n) is 2.12. The van der Waals surface area contributed by atoms with E-state index in [9.17, 15) is 13.2 Å². The van der Waals surface area contributed by atoms with Gasteiger partial charge in [-0.15, -0.1) is 0 Å². The Balaban J connectivity index is 3.85. The number of nitrogens with one attached hydrogen (secondary N) is 2. The minimum atomic E-state index is -3.09. The lowest BCUT2D eigenvalue weighted by molar-refractivity contribution is -0.120. The van der Waals surface area contributed by atoms with Gasteiger partial charge in [0.15, 0.2) is 9.84 Å². The number of rotatable bonds is 7. The van der Waals surface area contributed by atoms with E-state index in [1.54, 1.807) is 6.92 Å². The molecule has 0 spiro atoms. The molecule has 2 N–H and O–H groups in total. The SMILES string of the molecule is CCC(=O)NCCS(=O)(=O)CCNC(C)(C)C. The molecule has 102 valence electrons. The molecule has 0 saturated heterocycles. The molecule has 0 unspecified atom stereocenters. The van der Waals surface area contributed by atoms with Crippen molar-refractivity contribution in [1.29, 1.82) is 0 Å². The van der Waals surface area contributed by atoms with Crippen LogP contribution >= 0.6 is 0 Å². The number of hydrogen-bond donors (Lipinski definition) is 2. The molecule has 0 rings (SSSR count). The molecule has 5 nitrogen and oxygen atoms in total. The van der Waals surface area contributed by atoms with Crippen LogP contribution in [0.15, 0.2) is 0 Å². The minimum absolute atomic E-state index is 0.00453. The van der Waals surface area contributed by atoms with Crippen molar-refractivity contribution < 1.29 is 13.2 Å². The Morgan fingerprint density at radius 3 is 2.12 bits per heavy atom. The van der Waals surface area contributed by atoms with Crippen molar-refractivity contribution in [2.75, 3.05) is 24.6 Å². The number of sulfone groups is 1. The first-order valence-corrected chi connectivity index (χ1v) is 7.70. The summed E-state index contributed by atoms with van der Waals surface area (Å²) in [6, 6.07) is 0. The van der Waals surface area contributed by atoms with Gasteiger partial charge in [-0.25, -0.2) is 8.42 Å². The molecule has 0 radical (unpaired) electrons. The summed E-state index contributed by atoms with van der Waals surface area (Å²) in [7, 11) is -3.09. The van der Waals surface area contributed by atoms with Crippen molar-refractivity contribution in [3.8, 4) is 0 Å². The Labute approximate surface area is 104 Å². The zero-order valence-electron chi connectivity index (χ0n) is 11.2. The summed E-state index contributed by atoms with van der Waals surface area (Å²) in [5.74, 6) is -0.00961. The fourth-order valence-corrected chi connectivity index (χ4v) is 2.18. The number of hydrogen-bond acceptors (Lipinski definition) is 4. The van der Waals surface area contributed by atoms with E-state index in [0.717, 1.165) is 0 Å². The molecule has 0 heterocycles. The molecular formula is C11H24N2O3S. The van der Waals surface area contributed by atoms with Gasteiger partial charge >= 0.3 is 0 Å². The smallest absolute Gasteiger partial charge is 0.219 e. The van der Waals surface area contributed by atoms with Gasteiger partial charge in [-0.1, -0.05) is 6.92 Å². The second-order valence-electron chi connectivity index (χ2n) is 5.03. The summed E-state index contributed by atoms with van der Waals surface area (Å²) in [6.45, 7) is 8.33. The van der Waals surface area contributed by atoms with Crippen molar-refractivity contribution in [3.05, 3.63) is 0 Å². The van der Waals surface area contributed by atoms with Crippen molar-refractivity contribution in [2.24, 2.45) is 0 Å². The lowest BCUT2D eigenvalue weighted by Gasteiger charge is -2.20. The largest absolute Gasteiger partial charge is 0.355 e. The van der Waals surface area contributed by atoms with E-state index in [4.69, 9.17) is 0 Å². The monoisotopic (exact) mass is 264 g/mol. The Hall–Kier alpha value is -0.620. The van der Waals surface area contributed by atoms with Crippen LogP contribution in [0.5, 0.6) is 0 Å². The number of carbonyl (C=O) groups is 1. The van der Waals surface area contributed by atoms with Gasteiger partial charge in [0.25, 0.3) is 0 Å². The standard InChI is InChI=1S/C11H24N2O3S/c1-5-10(14)12-6-8-17(15,16)9-7-13-11(2,3)4/h13H,5-9H2,1-4H3,(H,12,14). The van der Waals surface area contributed by atoms with Gasteiger partial charge in [0.1, 0.15) is 0 Å². The van der Waals surface area contributed by atoms with Crippen LogP contribution < -0.4 is 10.6 Å². The molecular weight excluding hydrogens is 240 g/mol. The highest BCUT2D eigenvalue weighted by Gasteiger charge is 2.14. The Morgan fingerprint density at radius 2 is 1.65 bits per heavy atom. The van der Waals surface area contributed by atoms with Crippen LogP contribution in [0.3, 0.4) is 0 Å². The molecule has 0 aliphatic rings. The lowest BCUT2D eigenvalue weighted by Crippen LogP contribution is -2.39. The predicted molar refractivity (Wildman–Crippen MR) is 69.7 cm³/mol. The summed E-state index contributed by atoms with van der Waals surface area (Å²) in [5.41, 5.74) is -0.0774. The number of amides is 1. The highest BCUT2D eigenvalue weighted by atomic mass is 32.2. The molecule has 0 aliphatic carbocycles. The van der Waals surface area contributed by atoms with Crippen LogP contribution in [0.4, 0.5) is 0 Å². The first-order valence-electron chi connectivity index (χ1n) is 5.88. The number of carbonyl (C=O) groups excluding carboxylic acids is 1. The van der Waals surface area contributed by atoms with Crippen molar-refractivity contribution >= 4 is 15.7 Å². The van der Waals surface area contributed by atoms with Crippen LogP contribution in [0.25, 0.3) is 0 Å². The summed E-state index contributed by atoms with van der Waals surface area (Å²) in [5, 5.41) is 5.68. The van der Waals surface area contributed by atoms with Gasteiger partial charge < -0.3 is 10.6 Å². The summed E-state index contributed by atoms with van der Waals surface area (Å²) in [4.78, 5) is 10.9. The first-order chi connectivity index (χ1) is 7.66. The Morgan fingerprint density at radius 1 is 1.12 bits per heavy atom. The predicted octanol–water partition coefficient (Wildman–Crippen LogP) is 0.316. The van der Waals surface area contributed by atoms with Gasteiger partial charge in [-0.2, -0.15) is 0 Å². The average molecular weight is 264 g/mol. The Kier molecular flexibility index (Phi) is 6.70. The molecule has 0 aromatic heterocycles. The fourth-order valence-electron chi connectivity index (χ4n) is 1.15. The molecule has 1 amide bonds. The van der Waals surface area contributed by atoms with Gasteiger partial charge in [0.2, 0.25) is 5.91 Å². The molecule has 0 aliphatic heterocycles. The molecule has 0 saturated carbocycles. The van der Waals surface area contributed by atoms with Crippen LogP contribution in [-0.4, -0.2) is 44.5 Å². The third-order valence-corrected chi connectivity index (χ3v) is 3.78. The quantitative estimate of drug-likeness (QED) is 0.694. The molecule has 17 heavy (non-hydrogen) atoms. The van der Waals surface area contributed by atoms with E-state index in [-0.39, 0.29) is 29.5 Å². The molecule has 0 aromatic rings. The maximum atomic E-state index is 11.6. The van der Waals surface area contributed by atoms with Crippen molar-refractivity contribution in [2.45, 2.75) is 39.7 Å². The minimum Gasteiger partial charge on any atom is -0.355 e. The van der Waals surface area contributed by atoms with Gasteiger partial charge in [0, 0.05) is 25.0 Å². The lowest BCUT2D eigenvalue weighted by atomic mass is 10.1. The van der Waals surface area contributed by atoms with Crippen molar-refractivity contribution in [1.82, 2.24) is 10.6 Å². The topological polar surface area (TPSA) is 75.3 Å². The van der Waals surface area contributed by atoms with Gasteiger partial charge in [-0.05, 0) is 20.8 Å². The zero-order valence-corrected chi connectivity index (χ0v) is 12.0. The first kappa shape index (κ1) is 16.4. The van der Waals surface area contributed by atoms with Gasteiger partial charge in [-0.3, -0.25) is 4.79 Å². The maximum absolute atomic E-state index is 11.6. The molecule has 0 fully saturated rings. The van der Waals surface area contributed by atoms with E-state index in [0.29, 0.717) is 13.0 Å². The molecule has 6 heteroatoms. The second-order valence-corrected chi connectivity index (χ2v) is 7.34.